The van der Waals surface area contributed by atoms with Crippen molar-refractivity contribution >= 4 is 45.2 Å². The maximum absolute atomic E-state index is 10.9. The zero-order chi connectivity index (χ0) is 11.0. The Kier molecular flexibility index (Phi) is 2.93. The first kappa shape index (κ1) is 10.8. The second kappa shape index (κ2) is 4.06. The molecule has 3 nitrogen and oxygen atoms in total. The summed E-state index contributed by atoms with van der Waals surface area (Å²) in [5, 5.41) is 1.29. The SMILES string of the molecule is O=S(O)c1cc2c(Cl)ccnc2cc1Cl. The van der Waals surface area contributed by atoms with E-state index in [0.29, 0.717) is 15.9 Å². The molecule has 1 aromatic heterocycles. The maximum atomic E-state index is 10.9. The summed E-state index contributed by atoms with van der Waals surface area (Å²) in [6, 6.07) is 4.61. The highest BCUT2D eigenvalue weighted by atomic mass is 35.5. The topological polar surface area (TPSA) is 50.2 Å². The van der Waals surface area contributed by atoms with Crippen LogP contribution in [0.25, 0.3) is 10.9 Å². The summed E-state index contributed by atoms with van der Waals surface area (Å²) in [6.45, 7) is 0. The second-order valence-corrected chi connectivity index (χ2v) is 4.59. The molecule has 1 heterocycles. The van der Waals surface area contributed by atoms with Gasteiger partial charge in [0.1, 0.15) is 0 Å². The molecule has 1 atom stereocenters. The molecule has 0 bridgehead atoms. The standard InChI is InChI=1S/C9H5Cl2NO2S/c10-6-1-2-12-8-4-7(11)9(15(13)14)3-5(6)8/h1-4H,(H,13,14). The number of halogens is 2. The largest absolute Gasteiger partial charge is 0.302 e. The second-order valence-electron chi connectivity index (χ2n) is 2.84. The highest BCUT2D eigenvalue weighted by molar-refractivity contribution is 7.79. The predicted octanol–water partition coefficient (Wildman–Crippen LogP) is 3.12. The lowest BCUT2D eigenvalue weighted by atomic mass is 10.2. The third-order valence-corrected chi connectivity index (χ3v) is 3.40. The molecule has 1 unspecified atom stereocenters. The number of fused-ring (bicyclic) bond motifs is 1. The summed E-state index contributed by atoms with van der Waals surface area (Å²) in [6.07, 6.45) is 1.55. The number of rotatable bonds is 1. The van der Waals surface area contributed by atoms with Crippen LogP contribution >= 0.6 is 23.2 Å². The zero-order valence-electron chi connectivity index (χ0n) is 7.28. The summed E-state index contributed by atoms with van der Waals surface area (Å²) in [7, 11) is 0. The van der Waals surface area contributed by atoms with Crippen LogP contribution in [0.1, 0.15) is 0 Å². The number of benzene rings is 1. The molecular weight excluding hydrogens is 257 g/mol. The third kappa shape index (κ3) is 1.99. The van der Waals surface area contributed by atoms with Crippen molar-refractivity contribution in [3.05, 3.63) is 34.4 Å². The third-order valence-electron chi connectivity index (χ3n) is 1.93. The van der Waals surface area contributed by atoms with Crippen LogP contribution < -0.4 is 0 Å². The maximum Gasteiger partial charge on any atom is 0.188 e. The van der Waals surface area contributed by atoms with Gasteiger partial charge in [-0.15, -0.1) is 0 Å². The molecule has 0 aliphatic carbocycles. The van der Waals surface area contributed by atoms with Gasteiger partial charge in [0, 0.05) is 11.6 Å². The number of pyridine rings is 1. The molecule has 0 spiro atoms. The average molecular weight is 262 g/mol. The van der Waals surface area contributed by atoms with Crippen LogP contribution in [0.5, 0.6) is 0 Å². The molecular formula is C9H5Cl2NO2S. The number of nitrogens with zero attached hydrogens (tertiary/aromatic N) is 1. The van der Waals surface area contributed by atoms with Gasteiger partial charge < -0.3 is 4.55 Å². The van der Waals surface area contributed by atoms with Crippen LogP contribution in [0.4, 0.5) is 0 Å². The molecule has 0 saturated carbocycles. The van der Waals surface area contributed by atoms with E-state index in [1.807, 2.05) is 0 Å². The van der Waals surface area contributed by atoms with Gasteiger partial charge >= 0.3 is 0 Å². The van der Waals surface area contributed by atoms with E-state index in [1.54, 1.807) is 12.3 Å². The van der Waals surface area contributed by atoms with Gasteiger partial charge in [-0.1, -0.05) is 23.2 Å². The van der Waals surface area contributed by atoms with Gasteiger partial charge in [-0.25, -0.2) is 4.21 Å². The smallest absolute Gasteiger partial charge is 0.188 e. The van der Waals surface area contributed by atoms with Gasteiger partial charge in [-0.3, -0.25) is 4.98 Å². The highest BCUT2D eigenvalue weighted by Crippen LogP contribution is 2.28. The minimum Gasteiger partial charge on any atom is -0.302 e. The molecule has 0 radical (unpaired) electrons. The predicted molar refractivity (Wildman–Crippen MR) is 60.8 cm³/mol. The molecule has 1 aromatic carbocycles. The van der Waals surface area contributed by atoms with Crippen LogP contribution in [0.2, 0.25) is 10.0 Å². The lowest BCUT2D eigenvalue weighted by molar-refractivity contribution is 0.564. The minimum atomic E-state index is -2.12. The summed E-state index contributed by atoms with van der Waals surface area (Å²) >= 11 is 9.61. The summed E-state index contributed by atoms with van der Waals surface area (Å²) < 4.78 is 19.9. The Bertz CT molecular complexity index is 559. The van der Waals surface area contributed by atoms with E-state index in [1.165, 1.54) is 12.1 Å². The van der Waals surface area contributed by atoms with E-state index in [0.717, 1.165) is 0 Å². The lowest BCUT2D eigenvalue weighted by Crippen LogP contribution is -1.91. The zero-order valence-corrected chi connectivity index (χ0v) is 9.60. The first-order valence-corrected chi connectivity index (χ1v) is 5.80. The van der Waals surface area contributed by atoms with Gasteiger partial charge in [-0.05, 0) is 18.2 Å². The van der Waals surface area contributed by atoms with Gasteiger partial charge in [0.05, 0.1) is 20.5 Å². The normalized spacial score (nSPS) is 13.0. The van der Waals surface area contributed by atoms with Crippen molar-refractivity contribution in [2.24, 2.45) is 0 Å². The first-order valence-electron chi connectivity index (χ1n) is 3.94. The summed E-state index contributed by atoms with van der Waals surface area (Å²) in [5.41, 5.74) is 0.599. The molecule has 2 aromatic rings. The van der Waals surface area contributed by atoms with E-state index in [4.69, 9.17) is 27.8 Å². The molecule has 6 heteroatoms. The fraction of sp³-hybridized carbons (Fsp3) is 0. The summed E-state index contributed by atoms with van der Waals surface area (Å²) in [5.74, 6) is 0. The molecule has 0 saturated heterocycles. The molecule has 0 aliphatic rings. The Morgan fingerprint density at radius 2 is 2.00 bits per heavy atom. The fourth-order valence-electron chi connectivity index (χ4n) is 1.25. The van der Waals surface area contributed by atoms with Crippen molar-refractivity contribution in [3.8, 4) is 0 Å². The Labute approximate surface area is 98.3 Å². The van der Waals surface area contributed by atoms with Crippen molar-refractivity contribution in [3.63, 3.8) is 0 Å². The van der Waals surface area contributed by atoms with Crippen molar-refractivity contribution in [2.75, 3.05) is 0 Å². The van der Waals surface area contributed by atoms with Crippen LogP contribution in [-0.4, -0.2) is 13.7 Å². The van der Waals surface area contributed by atoms with Crippen molar-refractivity contribution in [2.45, 2.75) is 4.90 Å². The van der Waals surface area contributed by atoms with Crippen molar-refractivity contribution in [1.29, 1.82) is 0 Å². The number of hydrogen-bond donors (Lipinski definition) is 1. The Hall–Kier alpha value is -0.680. The lowest BCUT2D eigenvalue weighted by Gasteiger charge is -2.03. The van der Waals surface area contributed by atoms with E-state index >= 15 is 0 Å². The number of hydrogen-bond acceptors (Lipinski definition) is 2. The minimum absolute atomic E-state index is 0.138. The van der Waals surface area contributed by atoms with Gasteiger partial charge in [0.2, 0.25) is 0 Å². The highest BCUT2D eigenvalue weighted by Gasteiger charge is 2.10. The Balaban J connectivity index is 2.83. The van der Waals surface area contributed by atoms with Crippen LogP contribution in [0.3, 0.4) is 0 Å². The fourth-order valence-corrected chi connectivity index (χ4v) is 2.26. The molecule has 15 heavy (non-hydrogen) atoms. The van der Waals surface area contributed by atoms with Crippen LogP contribution in [0, 0.1) is 0 Å². The Morgan fingerprint density at radius 1 is 1.27 bits per heavy atom. The van der Waals surface area contributed by atoms with E-state index < -0.39 is 11.1 Å². The van der Waals surface area contributed by atoms with Crippen LogP contribution in [-0.2, 0) is 11.1 Å². The number of aromatic nitrogens is 1. The van der Waals surface area contributed by atoms with Crippen molar-refractivity contribution < 1.29 is 8.76 Å². The molecule has 0 aliphatic heterocycles. The van der Waals surface area contributed by atoms with E-state index in [9.17, 15) is 4.21 Å². The quantitative estimate of drug-likeness (QED) is 0.803. The molecule has 0 fully saturated rings. The monoisotopic (exact) mass is 261 g/mol. The Morgan fingerprint density at radius 3 is 2.67 bits per heavy atom. The van der Waals surface area contributed by atoms with E-state index in [2.05, 4.69) is 4.98 Å². The van der Waals surface area contributed by atoms with Gasteiger partial charge in [-0.2, -0.15) is 0 Å². The van der Waals surface area contributed by atoms with Gasteiger partial charge in [0.15, 0.2) is 11.1 Å². The molecule has 1 N–H and O–H groups in total. The van der Waals surface area contributed by atoms with E-state index in [-0.39, 0.29) is 9.92 Å². The first-order chi connectivity index (χ1) is 7.09. The average Bonchev–Trinajstić information content (AvgIpc) is 2.16. The van der Waals surface area contributed by atoms with Gasteiger partial charge in [0.25, 0.3) is 0 Å². The molecule has 2 rings (SSSR count). The van der Waals surface area contributed by atoms with Crippen LogP contribution in [0.15, 0.2) is 29.3 Å². The van der Waals surface area contributed by atoms with Crippen molar-refractivity contribution in [1.82, 2.24) is 4.98 Å². The molecule has 0 amide bonds. The molecule has 78 valence electrons. The summed E-state index contributed by atoms with van der Waals surface area (Å²) in [4.78, 5) is 4.19.